The number of hydrazine groups is 1. The van der Waals surface area contributed by atoms with E-state index in [1.54, 1.807) is 18.5 Å². The number of carbonyl (C=O) groups is 1. The molecule has 2 aromatic heterocycles. The molecule has 0 unspecified atom stereocenters. The summed E-state index contributed by atoms with van der Waals surface area (Å²) in [6, 6.07) is 11.8. The zero-order chi connectivity index (χ0) is 26.9. The second-order valence-corrected chi connectivity index (χ2v) is 9.22. The first-order valence-electron chi connectivity index (χ1n) is 13.0. The van der Waals surface area contributed by atoms with Crippen LogP contribution in [0.2, 0.25) is 0 Å². The number of benzene rings is 1. The third-order valence-corrected chi connectivity index (χ3v) is 6.39. The smallest absolute Gasteiger partial charge is 0.251 e. The number of hydrogen-bond acceptors (Lipinski definition) is 7. The number of carbonyl (C=O) groups excluding carboxylic acids is 1. The van der Waals surface area contributed by atoms with Crippen molar-refractivity contribution in [2.24, 2.45) is 0 Å². The lowest BCUT2D eigenvalue weighted by atomic mass is 10.0. The van der Waals surface area contributed by atoms with Gasteiger partial charge in [-0.05, 0) is 51.0 Å². The highest BCUT2D eigenvalue weighted by Crippen LogP contribution is 2.26. The van der Waals surface area contributed by atoms with E-state index in [2.05, 4.69) is 60.0 Å². The predicted molar refractivity (Wildman–Crippen MR) is 148 cm³/mol. The first-order valence-corrected chi connectivity index (χ1v) is 13.0. The molecular formula is C29H36N6O3. The van der Waals surface area contributed by atoms with Crippen molar-refractivity contribution in [1.82, 2.24) is 30.7 Å². The van der Waals surface area contributed by atoms with Gasteiger partial charge in [-0.25, -0.2) is 14.7 Å². The molecule has 0 spiro atoms. The van der Waals surface area contributed by atoms with E-state index < -0.39 is 0 Å². The number of ether oxygens (including phenoxy) is 1. The van der Waals surface area contributed by atoms with Crippen molar-refractivity contribution >= 4 is 17.6 Å². The van der Waals surface area contributed by atoms with Crippen molar-refractivity contribution in [3.63, 3.8) is 0 Å². The Labute approximate surface area is 224 Å². The second-order valence-electron chi connectivity index (χ2n) is 9.22. The maximum atomic E-state index is 13.3. The van der Waals surface area contributed by atoms with Crippen LogP contribution in [0.4, 0.5) is 0 Å². The number of morpholine rings is 1. The summed E-state index contributed by atoms with van der Waals surface area (Å²) >= 11 is 0. The van der Waals surface area contributed by atoms with Gasteiger partial charge in [0.25, 0.3) is 5.91 Å². The Balaban J connectivity index is 1.44. The van der Waals surface area contributed by atoms with Crippen molar-refractivity contribution in [3.05, 3.63) is 82.8 Å². The fourth-order valence-electron chi connectivity index (χ4n) is 3.96. The fourth-order valence-corrected chi connectivity index (χ4v) is 3.96. The highest BCUT2D eigenvalue weighted by molar-refractivity contribution is 6.20. The van der Waals surface area contributed by atoms with Gasteiger partial charge in [-0.15, -0.1) is 0 Å². The highest BCUT2D eigenvalue weighted by atomic mass is 16.7. The maximum Gasteiger partial charge on any atom is 0.251 e. The number of hydrogen-bond donors (Lipinski definition) is 2. The minimum Gasteiger partial charge on any atom is -0.379 e. The van der Waals surface area contributed by atoms with Gasteiger partial charge in [0.05, 0.1) is 30.8 Å². The molecule has 9 nitrogen and oxygen atoms in total. The molecule has 1 aliphatic heterocycles. The third-order valence-electron chi connectivity index (χ3n) is 6.39. The van der Waals surface area contributed by atoms with E-state index in [4.69, 9.17) is 9.57 Å². The molecule has 1 saturated heterocycles. The van der Waals surface area contributed by atoms with E-state index in [-0.39, 0.29) is 5.91 Å². The van der Waals surface area contributed by atoms with Crippen LogP contribution in [0.25, 0.3) is 17.3 Å². The van der Waals surface area contributed by atoms with Crippen LogP contribution >= 0.6 is 0 Å². The number of aryl methyl sites for hydroxylation is 1. The summed E-state index contributed by atoms with van der Waals surface area (Å²) in [5.74, 6) is 0.279. The number of rotatable bonds is 10. The zero-order valence-electron chi connectivity index (χ0n) is 22.5. The molecule has 0 bridgehead atoms. The molecule has 1 amide bonds. The van der Waals surface area contributed by atoms with Gasteiger partial charge in [0, 0.05) is 43.0 Å². The van der Waals surface area contributed by atoms with Gasteiger partial charge in [0.1, 0.15) is 0 Å². The van der Waals surface area contributed by atoms with Gasteiger partial charge in [0.2, 0.25) is 5.88 Å². The average Bonchev–Trinajstić information content (AvgIpc) is 3.35. The first-order chi connectivity index (χ1) is 18.5. The molecule has 0 radical (unpaired) electrons. The van der Waals surface area contributed by atoms with Gasteiger partial charge in [-0.3, -0.25) is 4.79 Å². The Hall–Kier alpha value is -3.79. The molecule has 3 aromatic rings. The Morgan fingerprint density at radius 1 is 1.13 bits per heavy atom. The van der Waals surface area contributed by atoms with Crippen LogP contribution in [-0.2, 0) is 16.1 Å². The quantitative estimate of drug-likeness (QED) is 0.308. The van der Waals surface area contributed by atoms with E-state index >= 15 is 0 Å². The van der Waals surface area contributed by atoms with Crippen LogP contribution < -0.4 is 15.7 Å². The van der Waals surface area contributed by atoms with E-state index in [1.807, 2.05) is 40.9 Å². The van der Waals surface area contributed by atoms with Crippen molar-refractivity contribution in [3.8, 4) is 11.6 Å². The molecule has 200 valence electrons. The van der Waals surface area contributed by atoms with E-state index in [0.717, 1.165) is 42.0 Å². The summed E-state index contributed by atoms with van der Waals surface area (Å²) < 4.78 is 7.21. The molecule has 0 atom stereocenters. The Morgan fingerprint density at radius 3 is 2.55 bits per heavy atom. The number of pyridine rings is 1. The Bertz CT molecular complexity index is 1270. The molecule has 4 rings (SSSR count). The summed E-state index contributed by atoms with van der Waals surface area (Å²) in [6.45, 7) is 11.3. The summed E-state index contributed by atoms with van der Waals surface area (Å²) in [5.41, 5.74) is 9.32. The second kappa shape index (κ2) is 13.1. The number of nitrogens with zero attached hydrogens (tertiary/aromatic N) is 4. The largest absolute Gasteiger partial charge is 0.379 e. The number of amides is 1. The standard InChI is InChI=1S/C29H36N6O3/c1-5-21(3)17-27-26(20-32-35(27)24-10-7-22(4)8-11-24)25(6-2)29(36)31-19-23-9-12-28(30-18-23)38-33-34-13-15-37-16-14-34/h6-12,17-18,20,33H,5,13-16,19H2,1-4H3,(H,31,36)/b21-17+,25-6+. The van der Waals surface area contributed by atoms with Gasteiger partial charge in [-0.2, -0.15) is 5.10 Å². The maximum absolute atomic E-state index is 13.3. The molecule has 1 fully saturated rings. The van der Waals surface area contributed by atoms with Gasteiger partial charge in [0.15, 0.2) is 0 Å². The van der Waals surface area contributed by atoms with E-state index in [0.29, 0.717) is 31.2 Å². The summed E-state index contributed by atoms with van der Waals surface area (Å²) in [4.78, 5) is 23.2. The zero-order valence-corrected chi connectivity index (χ0v) is 22.5. The fraction of sp³-hybridized carbons (Fsp3) is 0.345. The highest BCUT2D eigenvalue weighted by Gasteiger charge is 2.19. The molecule has 1 aliphatic rings. The molecule has 1 aromatic carbocycles. The molecule has 38 heavy (non-hydrogen) atoms. The van der Waals surface area contributed by atoms with Crippen LogP contribution in [0.5, 0.6) is 5.88 Å². The van der Waals surface area contributed by atoms with Crippen molar-refractivity contribution in [2.45, 2.75) is 40.7 Å². The van der Waals surface area contributed by atoms with Crippen molar-refractivity contribution in [2.75, 3.05) is 26.3 Å². The Morgan fingerprint density at radius 2 is 1.89 bits per heavy atom. The Kier molecular flexibility index (Phi) is 9.42. The lowest BCUT2D eigenvalue weighted by Gasteiger charge is -2.26. The van der Waals surface area contributed by atoms with E-state index in [1.165, 1.54) is 11.1 Å². The van der Waals surface area contributed by atoms with Crippen LogP contribution in [-0.4, -0.2) is 52.0 Å². The molecular weight excluding hydrogens is 480 g/mol. The van der Waals surface area contributed by atoms with Crippen molar-refractivity contribution < 1.29 is 14.4 Å². The SMILES string of the molecule is C/C=C(/C(=O)NCc1ccc(ONN2CCOCC2)nc1)c1cnn(-c2ccc(C)cc2)c1/C=C(\C)CC. The number of nitrogens with one attached hydrogen (secondary N) is 2. The molecule has 0 saturated carbocycles. The summed E-state index contributed by atoms with van der Waals surface area (Å²) in [7, 11) is 0. The first kappa shape index (κ1) is 27.3. The van der Waals surface area contributed by atoms with Crippen molar-refractivity contribution in [1.29, 1.82) is 0 Å². The number of aromatic nitrogens is 3. The predicted octanol–water partition coefficient (Wildman–Crippen LogP) is 4.24. The monoisotopic (exact) mass is 516 g/mol. The summed E-state index contributed by atoms with van der Waals surface area (Å²) in [5, 5.41) is 9.60. The average molecular weight is 517 g/mol. The molecule has 3 heterocycles. The third kappa shape index (κ3) is 6.95. The normalized spacial score (nSPS) is 14.9. The van der Waals surface area contributed by atoms with Crippen LogP contribution in [0.3, 0.4) is 0 Å². The van der Waals surface area contributed by atoms with Crippen LogP contribution in [0.15, 0.2) is 60.4 Å². The molecule has 0 aliphatic carbocycles. The van der Waals surface area contributed by atoms with Crippen LogP contribution in [0, 0.1) is 6.92 Å². The van der Waals surface area contributed by atoms with Crippen LogP contribution in [0.1, 0.15) is 49.6 Å². The molecule has 9 heteroatoms. The summed E-state index contributed by atoms with van der Waals surface area (Å²) in [6.07, 6.45) is 8.30. The minimum absolute atomic E-state index is 0.172. The van der Waals surface area contributed by atoms with E-state index in [9.17, 15) is 4.79 Å². The lowest BCUT2D eigenvalue weighted by Crippen LogP contribution is -2.47. The topological polar surface area (TPSA) is 93.5 Å². The molecule has 2 N–H and O–H groups in total. The van der Waals surface area contributed by atoms with Gasteiger partial charge in [-0.1, -0.05) is 47.9 Å². The van der Waals surface area contributed by atoms with Gasteiger partial charge < -0.3 is 14.9 Å². The van der Waals surface area contributed by atoms with Gasteiger partial charge >= 0.3 is 0 Å². The minimum atomic E-state index is -0.172. The lowest BCUT2D eigenvalue weighted by molar-refractivity contribution is -0.115. The number of allylic oxidation sites excluding steroid dienone is 2.